The molecule has 0 saturated heterocycles. The van der Waals surface area contributed by atoms with Crippen LogP contribution < -0.4 is 0 Å². The van der Waals surface area contributed by atoms with Crippen molar-refractivity contribution in [3.8, 4) is 0 Å². The van der Waals surface area contributed by atoms with Gasteiger partial charge in [0.15, 0.2) is 0 Å². The second-order valence-electron chi connectivity index (χ2n) is 3.62. The molecule has 0 aliphatic heterocycles. The molecular weight excluding hydrogens is 196 g/mol. The Kier molecular flexibility index (Phi) is 4.15. The summed E-state index contributed by atoms with van der Waals surface area (Å²) >= 11 is 6.15. The minimum absolute atomic E-state index is 0.0421. The highest BCUT2D eigenvalue weighted by molar-refractivity contribution is 6.20. The lowest BCUT2D eigenvalue weighted by atomic mass is 10.1. The van der Waals surface area contributed by atoms with E-state index in [0.29, 0.717) is 6.42 Å². The van der Waals surface area contributed by atoms with Crippen LogP contribution in [0.4, 0.5) is 0 Å². The number of carbonyl (C=O) groups is 1. The van der Waals surface area contributed by atoms with Crippen molar-refractivity contribution in [2.45, 2.75) is 32.1 Å². The minimum atomic E-state index is -0.0421. The molecule has 1 aromatic rings. The van der Waals surface area contributed by atoms with Crippen molar-refractivity contribution in [3.63, 3.8) is 0 Å². The molecule has 0 aromatic heterocycles. The van der Waals surface area contributed by atoms with Crippen molar-refractivity contribution in [2.24, 2.45) is 0 Å². The van der Waals surface area contributed by atoms with Gasteiger partial charge in [-0.3, -0.25) is 0 Å². The maximum absolute atomic E-state index is 10.8. The summed E-state index contributed by atoms with van der Waals surface area (Å²) in [5, 5.41) is -0.0421. The quantitative estimate of drug-likeness (QED) is 0.694. The van der Waals surface area contributed by atoms with Gasteiger partial charge in [0.1, 0.15) is 5.78 Å². The van der Waals surface area contributed by atoms with Gasteiger partial charge in [-0.15, -0.1) is 11.6 Å². The van der Waals surface area contributed by atoms with Gasteiger partial charge in [0, 0.05) is 6.42 Å². The van der Waals surface area contributed by atoms with Crippen LogP contribution in [0.1, 0.15) is 36.3 Å². The average Bonchev–Trinajstić information content (AvgIpc) is 2.15. The van der Waals surface area contributed by atoms with Crippen molar-refractivity contribution >= 4 is 17.4 Å². The molecule has 76 valence electrons. The molecule has 0 N–H and O–H groups in total. The topological polar surface area (TPSA) is 17.1 Å². The van der Waals surface area contributed by atoms with Gasteiger partial charge in [-0.1, -0.05) is 29.8 Å². The summed E-state index contributed by atoms with van der Waals surface area (Å²) in [6.45, 7) is 3.64. The van der Waals surface area contributed by atoms with Gasteiger partial charge in [0.2, 0.25) is 0 Å². The van der Waals surface area contributed by atoms with E-state index in [9.17, 15) is 4.79 Å². The molecule has 0 saturated carbocycles. The van der Waals surface area contributed by atoms with E-state index in [2.05, 4.69) is 0 Å². The molecule has 14 heavy (non-hydrogen) atoms. The number of benzene rings is 1. The summed E-state index contributed by atoms with van der Waals surface area (Å²) in [7, 11) is 0. The largest absolute Gasteiger partial charge is 0.300 e. The zero-order chi connectivity index (χ0) is 10.6. The van der Waals surface area contributed by atoms with E-state index in [-0.39, 0.29) is 11.2 Å². The molecular formula is C12H15ClO. The van der Waals surface area contributed by atoms with Gasteiger partial charge in [-0.2, -0.15) is 0 Å². The molecule has 2 heteroatoms. The Labute approximate surface area is 90.1 Å². The Morgan fingerprint density at radius 2 is 1.93 bits per heavy atom. The normalized spacial score (nSPS) is 12.5. The highest BCUT2D eigenvalue weighted by atomic mass is 35.5. The van der Waals surface area contributed by atoms with E-state index >= 15 is 0 Å². The Morgan fingerprint density at radius 3 is 2.43 bits per heavy atom. The monoisotopic (exact) mass is 210 g/mol. The Morgan fingerprint density at radius 1 is 1.36 bits per heavy atom. The van der Waals surface area contributed by atoms with Gasteiger partial charge in [-0.25, -0.2) is 0 Å². The molecule has 1 nitrogen and oxygen atoms in total. The number of ketones is 1. The maximum Gasteiger partial charge on any atom is 0.129 e. The molecule has 0 amide bonds. The van der Waals surface area contributed by atoms with Crippen LogP contribution >= 0.6 is 11.6 Å². The second kappa shape index (κ2) is 5.16. The van der Waals surface area contributed by atoms with E-state index in [4.69, 9.17) is 11.6 Å². The lowest BCUT2D eigenvalue weighted by molar-refractivity contribution is -0.117. The van der Waals surface area contributed by atoms with E-state index in [1.54, 1.807) is 6.92 Å². The van der Waals surface area contributed by atoms with E-state index in [1.807, 2.05) is 31.2 Å². The van der Waals surface area contributed by atoms with Crippen LogP contribution in [-0.4, -0.2) is 5.78 Å². The molecule has 0 radical (unpaired) electrons. The zero-order valence-corrected chi connectivity index (χ0v) is 9.34. The summed E-state index contributed by atoms with van der Waals surface area (Å²) in [5.74, 6) is 0.197. The molecule has 1 aromatic carbocycles. The van der Waals surface area contributed by atoms with Crippen LogP contribution in [0.15, 0.2) is 24.3 Å². The van der Waals surface area contributed by atoms with Crippen molar-refractivity contribution in [1.29, 1.82) is 0 Å². The SMILES string of the molecule is CC(=O)CCC(Cl)c1ccc(C)cc1. The lowest BCUT2D eigenvalue weighted by Crippen LogP contribution is -1.95. The number of alkyl halides is 1. The Hall–Kier alpha value is -0.820. The Balaban J connectivity index is 2.56. The predicted molar refractivity (Wildman–Crippen MR) is 59.7 cm³/mol. The molecule has 0 aliphatic rings. The van der Waals surface area contributed by atoms with Gasteiger partial charge in [0.25, 0.3) is 0 Å². The van der Waals surface area contributed by atoms with Gasteiger partial charge in [0.05, 0.1) is 5.38 Å². The Bertz CT molecular complexity index is 303. The van der Waals surface area contributed by atoms with Crippen molar-refractivity contribution in [2.75, 3.05) is 0 Å². The smallest absolute Gasteiger partial charge is 0.129 e. The second-order valence-corrected chi connectivity index (χ2v) is 4.15. The van der Waals surface area contributed by atoms with Crippen LogP contribution in [-0.2, 0) is 4.79 Å². The summed E-state index contributed by atoms with van der Waals surface area (Å²) in [6, 6.07) is 8.12. The fourth-order valence-corrected chi connectivity index (χ4v) is 1.53. The number of halogens is 1. The van der Waals surface area contributed by atoms with E-state index < -0.39 is 0 Å². The number of hydrogen-bond donors (Lipinski definition) is 0. The average molecular weight is 211 g/mol. The van der Waals surface area contributed by atoms with Crippen LogP contribution in [0.3, 0.4) is 0 Å². The third-order valence-electron chi connectivity index (χ3n) is 2.19. The highest BCUT2D eigenvalue weighted by Crippen LogP contribution is 2.25. The molecule has 0 bridgehead atoms. The minimum Gasteiger partial charge on any atom is -0.300 e. The molecule has 1 rings (SSSR count). The maximum atomic E-state index is 10.8. The van der Waals surface area contributed by atoms with E-state index in [0.717, 1.165) is 12.0 Å². The lowest BCUT2D eigenvalue weighted by Gasteiger charge is -2.08. The van der Waals surface area contributed by atoms with Gasteiger partial charge >= 0.3 is 0 Å². The van der Waals surface area contributed by atoms with Crippen LogP contribution in [0.5, 0.6) is 0 Å². The molecule has 0 spiro atoms. The molecule has 0 aliphatic carbocycles. The first-order chi connectivity index (χ1) is 6.59. The van der Waals surface area contributed by atoms with Crippen molar-refractivity contribution < 1.29 is 4.79 Å². The zero-order valence-electron chi connectivity index (χ0n) is 8.59. The number of hydrogen-bond acceptors (Lipinski definition) is 1. The predicted octanol–water partition coefficient (Wildman–Crippen LogP) is 3.64. The fourth-order valence-electron chi connectivity index (χ4n) is 1.27. The third-order valence-corrected chi connectivity index (χ3v) is 2.66. The fraction of sp³-hybridized carbons (Fsp3) is 0.417. The first kappa shape index (κ1) is 11.3. The summed E-state index contributed by atoms with van der Waals surface area (Å²) in [5.41, 5.74) is 2.32. The van der Waals surface area contributed by atoms with Crippen LogP contribution in [0.25, 0.3) is 0 Å². The molecule has 1 unspecified atom stereocenters. The van der Waals surface area contributed by atoms with Gasteiger partial charge in [-0.05, 0) is 25.8 Å². The standard InChI is InChI=1S/C12H15ClO/c1-9-3-6-11(7-4-9)12(13)8-5-10(2)14/h3-4,6-7,12H,5,8H2,1-2H3. The number of Topliss-reactive ketones (excluding diaryl/α,β-unsaturated/α-hetero) is 1. The van der Waals surface area contributed by atoms with Crippen molar-refractivity contribution in [3.05, 3.63) is 35.4 Å². The van der Waals surface area contributed by atoms with Crippen LogP contribution in [0.2, 0.25) is 0 Å². The number of aryl methyl sites for hydroxylation is 1. The third kappa shape index (κ3) is 3.51. The number of rotatable bonds is 4. The van der Waals surface area contributed by atoms with E-state index in [1.165, 1.54) is 5.56 Å². The van der Waals surface area contributed by atoms with Crippen molar-refractivity contribution in [1.82, 2.24) is 0 Å². The summed E-state index contributed by atoms with van der Waals surface area (Å²) in [6.07, 6.45) is 1.28. The summed E-state index contributed by atoms with van der Waals surface area (Å²) in [4.78, 5) is 10.8. The first-order valence-corrected chi connectivity index (χ1v) is 5.23. The summed E-state index contributed by atoms with van der Waals surface area (Å²) < 4.78 is 0. The first-order valence-electron chi connectivity index (χ1n) is 4.79. The number of carbonyl (C=O) groups excluding carboxylic acids is 1. The highest BCUT2D eigenvalue weighted by Gasteiger charge is 2.08. The van der Waals surface area contributed by atoms with Crippen LogP contribution in [0, 0.1) is 6.92 Å². The van der Waals surface area contributed by atoms with Gasteiger partial charge < -0.3 is 4.79 Å². The molecule has 0 fully saturated rings. The molecule has 0 heterocycles. The molecule has 1 atom stereocenters.